The standard InChI is InChI=1S/C24H40N4O2.HI/c1-25-23(27-18-24(12-14-29)13-15-30-19-24)26-16-20-8-6-7-9-21(20)17-28(2)22-10-4-3-5-11-22;/h6-9,22,29H,3-5,10-19H2,1-2H3,(H2,25,26,27);1H. The number of ether oxygens (including phenoxy) is 1. The minimum absolute atomic E-state index is 0. The van der Waals surface area contributed by atoms with Gasteiger partial charge in [0.25, 0.3) is 0 Å². The summed E-state index contributed by atoms with van der Waals surface area (Å²) >= 11 is 0. The monoisotopic (exact) mass is 544 g/mol. The van der Waals surface area contributed by atoms with E-state index < -0.39 is 0 Å². The van der Waals surface area contributed by atoms with Gasteiger partial charge in [0.1, 0.15) is 0 Å². The van der Waals surface area contributed by atoms with Crippen molar-refractivity contribution in [1.29, 1.82) is 0 Å². The Morgan fingerprint density at radius 3 is 2.58 bits per heavy atom. The molecule has 2 fully saturated rings. The van der Waals surface area contributed by atoms with Gasteiger partial charge < -0.3 is 20.5 Å². The lowest BCUT2D eigenvalue weighted by Gasteiger charge is -2.31. The summed E-state index contributed by atoms with van der Waals surface area (Å²) in [5, 5.41) is 16.4. The minimum atomic E-state index is 0. The lowest BCUT2D eigenvalue weighted by atomic mass is 9.84. The predicted molar refractivity (Wildman–Crippen MR) is 138 cm³/mol. The molecule has 6 nitrogen and oxygen atoms in total. The van der Waals surface area contributed by atoms with Gasteiger partial charge in [-0.15, -0.1) is 24.0 Å². The molecule has 1 aromatic carbocycles. The predicted octanol–water partition coefficient (Wildman–Crippen LogP) is 3.52. The summed E-state index contributed by atoms with van der Waals surface area (Å²) in [4.78, 5) is 6.93. The molecule has 1 saturated carbocycles. The molecular weight excluding hydrogens is 503 g/mol. The number of hydrogen-bond donors (Lipinski definition) is 3. The van der Waals surface area contributed by atoms with Crippen molar-refractivity contribution >= 4 is 29.9 Å². The third-order valence-electron chi connectivity index (χ3n) is 6.86. The molecule has 0 radical (unpaired) electrons. The van der Waals surface area contributed by atoms with Gasteiger partial charge >= 0.3 is 0 Å². The lowest BCUT2D eigenvalue weighted by Crippen LogP contribution is -2.44. The Balaban J connectivity index is 0.00000341. The van der Waals surface area contributed by atoms with Gasteiger partial charge in [-0.05, 0) is 43.9 Å². The third kappa shape index (κ3) is 7.87. The first-order valence-corrected chi connectivity index (χ1v) is 11.6. The number of halogens is 1. The van der Waals surface area contributed by atoms with Gasteiger partial charge in [0.05, 0.1) is 6.61 Å². The highest BCUT2D eigenvalue weighted by Gasteiger charge is 2.34. The van der Waals surface area contributed by atoms with Crippen LogP contribution in [0.5, 0.6) is 0 Å². The van der Waals surface area contributed by atoms with Gasteiger partial charge in [-0.3, -0.25) is 9.89 Å². The van der Waals surface area contributed by atoms with Crippen LogP contribution in [0.4, 0.5) is 0 Å². The quantitative estimate of drug-likeness (QED) is 0.252. The number of nitrogens with one attached hydrogen (secondary N) is 2. The van der Waals surface area contributed by atoms with E-state index in [-0.39, 0.29) is 36.0 Å². The van der Waals surface area contributed by atoms with Crippen LogP contribution in [0.25, 0.3) is 0 Å². The molecule has 1 atom stereocenters. The molecule has 1 aliphatic carbocycles. The summed E-state index contributed by atoms with van der Waals surface area (Å²) in [6.45, 7) is 4.17. The highest BCUT2D eigenvalue weighted by Crippen LogP contribution is 2.31. The normalized spacial score (nSPS) is 22.4. The third-order valence-corrected chi connectivity index (χ3v) is 6.86. The van der Waals surface area contributed by atoms with Crippen molar-refractivity contribution in [1.82, 2.24) is 15.5 Å². The van der Waals surface area contributed by atoms with E-state index in [0.29, 0.717) is 12.6 Å². The van der Waals surface area contributed by atoms with Crippen molar-refractivity contribution in [3.8, 4) is 0 Å². The van der Waals surface area contributed by atoms with Crippen molar-refractivity contribution in [3.63, 3.8) is 0 Å². The molecule has 1 aromatic rings. The molecular formula is C24H41IN4O2. The Morgan fingerprint density at radius 2 is 1.94 bits per heavy atom. The van der Waals surface area contributed by atoms with Gasteiger partial charge in [-0.2, -0.15) is 0 Å². The van der Waals surface area contributed by atoms with Crippen LogP contribution in [0.3, 0.4) is 0 Å². The van der Waals surface area contributed by atoms with Crippen LogP contribution in [0.2, 0.25) is 0 Å². The molecule has 0 bridgehead atoms. The summed E-state index contributed by atoms with van der Waals surface area (Å²) in [7, 11) is 4.08. The Morgan fingerprint density at radius 1 is 1.19 bits per heavy atom. The molecule has 176 valence electrons. The smallest absolute Gasteiger partial charge is 0.191 e. The fourth-order valence-corrected chi connectivity index (χ4v) is 4.79. The Labute approximate surface area is 205 Å². The van der Waals surface area contributed by atoms with E-state index in [1.807, 2.05) is 7.05 Å². The maximum Gasteiger partial charge on any atom is 0.191 e. The van der Waals surface area contributed by atoms with Crippen molar-refractivity contribution in [3.05, 3.63) is 35.4 Å². The van der Waals surface area contributed by atoms with Crippen molar-refractivity contribution in [2.75, 3.05) is 40.5 Å². The zero-order valence-electron chi connectivity index (χ0n) is 19.2. The van der Waals surface area contributed by atoms with Crippen LogP contribution >= 0.6 is 24.0 Å². The fourth-order valence-electron chi connectivity index (χ4n) is 4.79. The average Bonchev–Trinajstić information content (AvgIpc) is 3.24. The van der Waals surface area contributed by atoms with E-state index in [1.165, 1.54) is 43.2 Å². The topological polar surface area (TPSA) is 69.1 Å². The molecule has 1 heterocycles. The van der Waals surface area contributed by atoms with E-state index in [4.69, 9.17) is 4.74 Å². The average molecular weight is 545 g/mol. The second-order valence-corrected chi connectivity index (χ2v) is 9.03. The Bertz CT molecular complexity index is 673. The molecule has 3 N–H and O–H groups in total. The number of aliphatic hydroxyl groups is 1. The summed E-state index contributed by atoms with van der Waals surface area (Å²) in [6.07, 6.45) is 8.51. The van der Waals surface area contributed by atoms with E-state index in [0.717, 1.165) is 45.0 Å². The molecule has 1 aliphatic heterocycles. The van der Waals surface area contributed by atoms with Gasteiger partial charge in [0, 0.05) is 51.4 Å². The summed E-state index contributed by atoms with van der Waals surface area (Å²) < 4.78 is 5.59. The maximum absolute atomic E-state index is 9.43. The van der Waals surface area contributed by atoms with Crippen LogP contribution in [-0.2, 0) is 17.8 Å². The first kappa shape index (κ1) is 26.4. The Hall–Kier alpha value is -0.900. The van der Waals surface area contributed by atoms with E-state index in [1.54, 1.807) is 0 Å². The van der Waals surface area contributed by atoms with Gasteiger partial charge in [-0.25, -0.2) is 0 Å². The summed E-state index contributed by atoms with van der Waals surface area (Å²) in [5.74, 6) is 0.801. The largest absolute Gasteiger partial charge is 0.396 e. The first-order chi connectivity index (χ1) is 14.7. The number of guanidine groups is 1. The van der Waals surface area contributed by atoms with Crippen LogP contribution in [0, 0.1) is 5.41 Å². The highest BCUT2D eigenvalue weighted by atomic mass is 127. The zero-order chi connectivity index (χ0) is 21.2. The van der Waals surface area contributed by atoms with Gasteiger partial charge in [-0.1, -0.05) is 43.5 Å². The number of aliphatic imine (C=N–C) groups is 1. The molecule has 1 unspecified atom stereocenters. The zero-order valence-corrected chi connectivity index (χ0v) is 21.6. The van der Waals surface area contributed by atoms with Crippen molar-refractivity contribution in [2.24, 2.45) is 10.4 Å². The molecule has 0 spiro atoms. The fraction of sp³-hybridized carbons (Fsp3) is 0.708. The Kier molecular flexibility index (Phi) is 11.6. The number of nitrogens with zero attached hydrogens (tertiary/aromatic N) is 2. The molecule has 0 amide bonds. The number of hydrogen-bond acceptors (Lipinski definition) is 4. The van der Waals surface area contributed by atoms with Crippen LogP contribution in [-0.4, -0.2) is 62.5 Å². The van der Waals surface area contributed by atoms with Crippen LogP contribution < -0.4 is 10.6 Å². The number of aliphatic hydroxyl groups excluding tert-OH is 1. The SMILES string of the molecule is CN=C(NCc1ccccc1CN(C)C1CCCCC1)NCC1(CCO)CCOC1.I. The van der Waals surface area contributed by atoms with Crippen molar-refractivity contribution in [2.45, 2.75) is 64.1 Å². The lowest BCUT2D eigenvalue weighted by molar-refractivity contribution is 0.127. The van der Waals surface area contributed by atoms with Gasteiger partial charge in [0.15, 0.2) is 5.96 Å². The number of rotatable bonds is 9. The molecule has 0 aromatic heterocycles. The molecule has 31 heavy (non-hydrogen) atoms. The van der Waals surface area contributed by atoms with Gasteiger partial charge in [0.2, 0.25) is 0 Å². The first-order valence-electron chi connectivity index (χ1n) is 11.6. The molecule has 2 aliphatic rings. The highest BCUT2D eigenvalue weighted by molar-refractivity contribution is 14.0. The minimum Gasteiger partial charge on any atom is -0.396 e. The van der Waals surface area contributed by atoms with Crippen molar-refractivity contribution < 1.29 is 9.84 Å². The second kappa shape index (κ2) is 13.6. The molecule has 3 rings (SSSR count). The molecule has 7 heteroatoms. The second-order valence-electron chi connectivity index (χ2n) is 9.03. The summed E-state index contributed by atoms with van der Waals surface area (Å²) in [5.41, 5.74) is 2.71. The van der Waals surface area contributed by atoms with E-state index in [9.17, 15) is 5.11 Å². The van der Waals surface area contributed by atoms with E-state index >= 15 is 0 Å². The maximum atomic E-state index is 9.43. The molecule has 1 saturated heterocycles. The van der Waals surface area contributed by atoms with Crippen LogP contribution in [0.15, 0.2) is 29.3 Å². The van der Waals surface area contributed by atoms with E-state index in [2.05, 4.69) is 51.8 Å². The van der Waals surface area contributed by atoms with Crippen LogP contribution in [0.1, 0.15) is 56.1 Å². The summed E-state index contributed by atoms with van der Waals surface area (Å²) in [6, 6.07) is 9.43. The number of benzene rings is 1.